The molecule has 0 N–H and O–H groups in total. The molecule has 1 saturated heterocycles. The maximum atomic E-state index is 13.8. The van der Waals surface area contributed by atoms with E-state index >= 15 is 0 Å². The van der Waals surface area contributed by atoms with Crippen LogP contribution in [0.3, 0.4) is 0 Å². The average Bonchev–Trinajstić information content (AvgIpc) is 3.26. The Kier molecular flexibility index (Phi) is 4.89. The van der Waals surface area contributed by atoms with Crippen molar-refractivity contribution in [1.82, 2.24) is 25.0 Å². The van der Waals surface area contributed by atoms with E-state index in [0.717, 1.165) is 5.56 Å². The minimum Gasteiger partial charge on any atom is -0.348 e. The van der Waals surface area contributed by atoms with Crippen LogP contribution in [0.2, 0.25) is 5.02 Å². The fourth-order valence-electron chi connectivity index (χ4n) is 3.12. The summed E-state index contributed by atoms with van der Waals surface area (Å²) in [6, 6.07) is 7.10. The van der Waals surface area contributed by atoms with Gasteiger partial charge in [0.05, 0.1) is 18.8 Å². The van der Waals surface area contributed by atoms with Crippen molar-refractivity contribution in [2.45, 2.75) is 31.0 Å². The first-order valence-electron chi connectivity index (χ1n) is 8.90. The number of hydrogen-bond acceptors (Lipinski definition) is 7. The molecule has 0 amide bonds. The Balaban J connectivity index is 1.87. The molecule has 0 saturated carbocycles. The molecule has 29 heavy (non-hydrogen) atoms. The van der Waals surface area contributed by atoms with Crippen molar-refractivity contribution in [1.29, 1.82) is 0 Å². The van der Waals surface area contributed by atoms with Crippen molar-refractivity contribution in [2.75, 3.05) is 23.7 Å². The summed E-state index contributed by atoms with van der Waals surface area (Å²) in [7, 11) is -3.78. The van der Waals surface area contributed by atoms with Gasteiger partial charge in [0.1, 0.15) is 0 Å². The summed E-state index contributed by atoms with van der Waals surface area (Å²) in [5.74, 6) is -3.06. The normalized spacial score (nSPS) is 16.6. The number of anilines is 1. The molecule has 2 aromatic heterocycles. The van der Waals surface area contributed by atoms with Crippen LogP contribution in [0.4, 0.5) is 14.6 Å². The van der Waals surface area contributed by atoms with E-state index in [1.807, 2.05) is 0 Å². The summed E-state index contributed by atoms with van der Waals surface area (Å²) >= 11 is 6.20. The lowest BCUT2D eigenvalue weighted by Crippen LogP contribution is -2.26. The Hall–Kier alpha value is -2.40. The number of sulfone groups is 1. The lowest BCUT2D eigenvalue weighted by atomic mass is 10.2. The third-order valence-electron chi connectivity index (χ3n) is 4.73. The largest absolute Gasteiger partial charge is 0.348 e. The minimum atomic E-state index is -3.78. The first kappa shape index (κ1) is 19.9. The highest BCUT2D eigenvalue weighted by atomic mass is 35.5. The molecule has 3 heterocycles. The van der Waals surface area contributed by atoms with Gasteiger partial charge < -0.3 is 4.90 Å². The van der Waals surface area contributed by atoms with Gasteiger partial charge in [-0.25, -0.2) is 21.9 Å². The Morgan fingerprint density at radius 2 is 2.00 bits per heavy atom. The maximum Gasteiger partial charge on any atom is 0.266 e. The average molecular weight is 443 g/mol. The number of aromatic nitrogens is 5. The summed E-state index contributed by atoms with van der Waals surface area (Å²) in [6.07, 6.45) is -0.345. The number of alkyl halides is 2. The molecule has 1 aliphatic heterocycles. The second-order valence-corrected chi connectivity index (χ2v) is 9.35. The van der Waals surface area contributed by atoms with E-state index in [1.54, 1.807) is 24.3 Å². The van der Waals surface area contributed by atoms with Crippen LogP contribution in [0.25, 0.3) is 11.2 Å². The van der Waals surface area contributed by atoms with Crippen LogP contribution < -0.4 is 4.90 Å². The Morgan fingerprint density at radius 1 is 1.24 bits per heavy atom. The highest BCUT2D eigenvalue weighted by Crippen LogP contribution is 2.33. The highest BCUT2D eigenvalue weighted by molar-refractivity contribution is 7.91. The molecule has 1 aromatic carbocycles. The fourth-order valence-corrected chi connectivity index (χ4v) is 4.03. The van der Waals surface area contributed by atoms with Crippen molar-refractivity contribution in [3.05, 3.63) is 34.9 Å². The summed E-state index contributed by atoms with van der Waals surface area (Å²) in [5.41, 5.74) is 1.05. The molecular formula is C17H17ClF2N6O2S. The van der Waals surface area contributed by atoms with Gasteiger partial charge in [0, 0.05) is 18.0 Å². The molecule has 0 radical (unpaired) electrons. The molecule has 0 atom stereocenters. The molecule has 8 nitrogen and oxygen atoms in total. The third kappa shape index (κ3) is 3.76. The predicted molar refractivity (Wildman–Crippen MR) is 103 cm³/mol. The predicted octanol–water partition coefficient (Wildman–Crippen LogP) is 2.56. The van der Waals surface area contributed by atoms with Gasteiger partial charge in [-0.1, -0.05) is 41.9 Å². The SMILES string of the molecule is CCS(=O)(=O)c1nc(N2CCC(F)(F)C2)c2nnn(Cc3ccccc3Cl)c2n1. The van der Waals surface area contributed by atoms with Gasteiger partial charge in [-0.15, -0.1) is 5.10 Å². The smallest absolute Gasteiger partial charge is 0.266 e. The minimum absolute atomic E-state index is 0.0299. The molecular weight excluding hydrogens is 426 g/mol. The van der Waals surface area contributed by atoms with Crippen molar-refractivity contribution in [3.8, 4) is 0 Å². The Morgan fingerprint density at radius 3 is 2.66 bits per heavy atom. The van der Waals surface area contributed by atoms with Crippen molar-refractivity contribution in [3.63, 3.8) is 0 Å². The lowest BCUT2D eigenvalue weighted by Gasteiger charge is -2.17. The van der Waals surface area contributed by atoms with Gasteiger partial charge >= 0.3 is 0 Å². The second-order valence-electron chi connectivity index (χ2n) is 6.77. The molecule has 154 valence electrons. The number of benzene rings is 1. The van der Waals surface area contributed by atoms with E-state index in [4.69, 9.17) is 11.6 Å². The summed E-state index contributed by atoms with van der Waals surface area (Å²) in [6.45, 7) is 1.12. The molecule has 0 aliphatic carbocycles. The summed E-state index contributed by atoms with van der Waals surface area (Å²) < 4.78 is 53.8. The van der Waals surface area contributed by atoms with E-state index in [-0.39, 0.29) is 42.2 Å². The summed E-state index contributed by atoms with van der Waals surface area (Å²) in [4.78, 5) is 9.56. The number of fused-ring (bicyclic) bond motifs is 1. The zero-order valence-corrected chi connectivity index (χ0v) is 17.0. The van der Waals surface area contributed by atoms with Crippen LogP contribution >= 0.6 is 11.6 Å². The molecule has 1 fully saturated rings. The van der Waals surface area contributed by atoms with Crippen LogP contribution in [0, 0.1) is 0 Å². The standard InChI is InChI=1S/C17H17ClF2N6O2S/c1-2-29(27,28)16-21-14(25-8-7-17(19,20)10-25)13-15(22-16)26(24-23-13)9-11-5-3-4-6-12(11)18/h3-6H,2,7-10H2,1H3. The van der Waals surface area contributed by atoms with E-state index in [2.05, 4.69) is 20.3 Å². The van der Waals surface area contributed by atoms with Crippen molar-refractivity contribution >= 4 is 38.4 Å². The highest BCUT2D eigenvalue weighted by Gasteiger charge is 2.40. The Labute approximate surface area is 170 Å². The first-order valence-corrected chi connectivity index (χ1v) is 10.9. The number of hydrogen-bond donors (Lipinski definition) is 0. The van der Waals surface area contributed by atoms with Crippen LogP contribution in [0.5, 0.6) is 0 Å². The van der Waals surface area contributed by atoms with Crippen LogP contribution in [-0.4, -0.2) is 58.1 Å². The van der Waals surface area contributed by atoms with E-state index in [9.17, 15) is 17.2 Å². The maximum absolute atomic E-state index is 13.8. The third-order valence-corrected chi connectivity index (χ3v) is 6.60. The van der Waals surface area contributed by atoms with Crippen LogP contribution in [0.15, 0.2) is 29.4 Å². The summed E-state index contributed by atoms with van der Waals surface area (Å²) in [5, 5.41) is 8.17. The molecule has 0 unspecified atom stereocenters. The van der Waals surface area contributed by atoms with Crippen molar-refractivity contribution in [2.24, 2.45) is 0 Å². The van der Waals surface area contributed by atoms with Gasteiger partial charge in [0.25, 0.3) is 11.1 Å². The van der Waals surface area contributed by atoms with Gasteiger partial charge in [0.2, 0.25) is 9.84 Å². The Bertz CT molecular complexity index is 1180. The molecule has 12 heteroatoms. The van der Waals surface area contributed by atoms with Gasteiger partial charge in [0.15, 0.2) is 17.0 Å². The fraction of sp³-hybridized carbons (Fsp3) is 0.412. The molecule has 0 spiro atoms. The van der Waals surface area contributed by atoms with E-state index in [0.29, 0.717) is 5.02 Å². The topological polar surface area (TPSA) is 93.9 Å². The lowest BCUT2D eigenvalue weighted by molar-refractivity contribution is 0.0257. The van der Waals surface area contributed by atoms with Crippen molar-refractivity contribution < 1.29 is 17.2 Å². The zero-order chi connectivity index (χ0) is 20.8. The first-order chi connectivity index (χ1) is 13.7. The number of nitrogens with zero attached hydrogens (tertiary/aromatic N) is 6. The van der Waals surface area contributed by atoms with Crippen LogP contribution in [-0.2, 0) is 16.4 Å². The molecule has 0 bridgehead atoms. The molecule has 3 aromatic rings. The van der Waals surface area contributed by atoms with Gasteiger partial charge in [-0.05, 0) is 11.6 Å². The number of halogens is 3. The van der Waals surface area contributed by atoms with Crippen LogP contribution in [0.1, 0.15) is 18.9 Å². The van der Waals surface area contributed by atoms with Gasteiger partial charge in [-0.3, -0.25) is 0 Å². The molecule has 1 aliphatic rings. The number of rotatable bonds is 5. The second kappa shape index (κ2) is 7.13. The quantitative estimate of drug-likeness (QED) is 0.560. The van der Waals surface area contributed by atoms with E-state index in [1.165, 1.54) is 16.5 Å². The zero-order valence-electron chi connectivity index (χ0n) is 15.4. The van der Waals surface area contributed by atoms with Gasteiger partial charge in [-0.2, -0.15) is 9.97 Å². The molecule has 4 rings (SSSR count). The van der Waals surface area contributed by atoms with E-state index < -0.39 is 27.5 Å². The monoisotopic (exact) mass is 442 g/mol.